The van der Waals surface area contributed by atoms with Gasteiger partial charge in [-0.1, -0.05) is 48.5 Å². The summed E-state index contributed by atoms with van der Waals surface area (Å²) in [6.07, 6.45) is -3.59. The predicted octanol–water partition coefficient (Wildman–Crippen LogP) is 2.10. The molecule has 0 aliphatic heterocycles. The standard InChI is InChI=1S/C20H20N2O5/c21-10-9-17(23)15-7-4-8-16(11-15)19(25)18(24)12-22-20(26)27-13-14-5-2-1-3-6-14/h1-8,11,18-19,24-25H,9,12-13H2,(H,22,26). The van der Waals surface area contributed by atoms with Crippen LogP contribution in [0.1, 0.15) is 34.0 Å². The molecule has 27 heavy (non-hydrogen) atoms. The van der Waals surface area contributed by atoms with Gasteiger partial charge in [-0.3, -0.25) is 4.79 Å². The molecule has 1 amide bonds. The molecule has 0 radical (unpaired) electrons. The molecule has 0 aliphatic carbocycles. The summed E-state index contributed by atoms with van der Waals surface area (Å²) in [6, 6.07) is 16.9. The maximum atomic E-state index is 11.8. The van der Waals surface area contributed by atoms with Crippen molar-refractivity contribution in [2.75, 3.05) is 6.54 Å². The third-order valence-corrected chi connectivity index (χ3v) is 3.82. The molecule has 0 saturated heterocycles. The third kappa shape index (κ3) is 6.22. The molecular formula is C20H20N2O5. The van der Waals surface area contributed by atoms with E-state index in [0.717, 1.165) is 5.56 Å². The number of aliphatic hydroxyl groups is 2. The maximum absolute atomic E-state index is 11.8. The van der Waals surface area contributed by atoms with Gasteiger partial charge in [0.25, 0.3) is 0 Å². The highest BCUT2D eigenvalue weighted by atomic mass is 16.5. The molecule has 2 unspecified atom stereocenters. The number of Topliss-reactive ketones (excluding diaryl/α,β-unsaturated/α-hetero) is 1. The number of aliphatic hydroxyl groups excluding tert-OH is 2. The van der Waals surface area contributed by atoms with Crippen molar-refractivity contribution in [2.45, 2.75) is 25.2 Å². The summed E-state index contributed by atoms with van der Waals surface area (Å²) in [7, 11) is 0. The number of ketones is 1. The molecule has 2 aromatic carbocycles. The summed E-state index contributed by atoms with van der Waals surface area (Å²) >= 11 is 0. The number of hydrogen-bond donors (Lipinski definition) is 3. The van der Waals surface area contributed by atoms with Gasteiger partial charge in [-0.15, -0.1) is 0 Å². The van der Waals surface area contributed by atoms with Gasteiger partial charge in [0, 0.05) is 12.1 Å². The quantitative estimate of drug-likeness (QED) is 0.614. The summed E-state index contributed by atoms with van der Waals surface area (Å²) in [6.45, 7) is -0.139. The summed E-state index contributed by atoms with van der Waals surface area (Å²) in [5.74, 6) is -0.372. The fraction of sp³-hybridized carbons (Fsp3) is 0.250. The number of carbonyl (C=O) groups is 2. The van der Waals surface area contributed by atoms with Gasteiger partial charge in [0.2, 0.25) is 0 Å². The van der Waals surface area contributed by atoms with Gasteiger partial charge in [-0.05, 0) is 17.2 Å². The predicted molar refractivity (Wildman–Crippen MR) is 96.6 cm³/mol. The van der Waals surface area contributed by atoms with Crippen LogP contribution in [0.4, 0.5) is 4.79 Å². The number of benzene rings is 2. The highest BCUT2D eigenvalue weighted by molar-refractivity contribution is 5.97. The molecule has 0 saturated carbocycles. The van der Waals surface area contributed by atoms with Crippen LogP contribution < -0.4 is 5.32 Å². The maximum Gasteiger partial charge on any atom is 0.407 e. The van der Waals surface area contributed by atoms with Crippen LogP contribution in [0.5, 0.6) is 0 Å². The molecule has 0 spiro atoms. The topological polar surface area (TPSA) is 120 Å². The molecule has 0 heterocycles. The van der Waals surface area contributed by atoms with E-state index < -0.39 is 18.3 Å². The Balaban J connectivity index is 1.85. The number of carbonyl (C=O) groups excluding carboxylic acids is 2. The van der Waals surface area contributed by atoms with Crippen molar-refractivity contribution in [1.29, 1.82) is 5.26 Å². The number of alkyl carbamates (subject to hydrolysis) is 1. The van der Waals surface area contributed by atoms with Crippen LogP contribution in [0.2, 0.25) is 0 Å². The van der Waals surface area contributed by atoms with Crippen molar-refractivity contribution in [3.63, 3.8) is 0 Å². The average molecular weight is 368 g/mol. The van der Waals surface area contributed by atoms with Gasteiger partial charge in [0.15, 0.2) is 5.78 Å². The molecule has 0 fully saturated rings. The number of rotatable bonds is 8. The van der Waals surface area contributed by atoms with Crippen LogP contribution in [0.15, 0.2) is 54.6 Å². The molecule has 2 atom stereocenters. The van der Waals surface area contributed by atoms with Gasteiger partial charge in [-0.25, -0.2) is 4.79 Å². The summed E-state index contributed by atoms with van der Waals surface area (Å²) in [4.78, 5) is 23.4. The average Bonchev–Trinajstić information content (AvgIpc) is 2.71. The van der Waals surface area contributed by atoms with Gasteiger partial charge >= 0.3 is 6.09 Å². The van der Waals surface area contributed by atoms with Crippen LogP contribution in [-0.2, 0) is 11.3 Å². The van der Waals surface area contributed by atoms with E-state index in [0.29, 0.717) is 5.56 Å². The minimum absolute atomic E-state index is 0.0916. The van der Waals surface area contributed by atoms with E-state index in [1.54, 1.807) is 18.2 Å². The van der Waals surface area contributed by atoms with Crippen LogP contribution in [0.25, 0.3) is 0 Å². The fourth-order valence-corrected chi connectivity index (χ4v) is 2.37. The van der Waals surface area contributed by atoms with Crippen molar-refractivity contribution in [3.05, 3.63) is 71.3 Å². The van der Waals surface area contributed by atoms with E-state index in [4.69, 9.17) is 10.00 Å². The van der Waals surface area contributed by atoms with E-state index in [-0.39, 0.29) is 30.9 Å². The molecule has 7 heteroatoms. The monoisotopic (exact) mass is 368 g/mol. The lowest BCUT2D eigenvalue weighted by molar-refractivity contribution is 0.0184. The third-order valence-electron chi connectivity index (χ3n) is 3.82. The molecule has 0 aromatic heterocycles. The van der Waals surface area contributed by atoms with Crippen molar-refractivity contribution < 1.29 is 24.5 Å². The van der Waals surface area contributed by atoms with E-state index in [1.807, 2.05) is 30.3 Å². The Bertz CT molecular complexity index is 817. The van der Waals surface area contributed by atoms with Gasteiger partial charge in [0.1, 0.15) is 18.8 Å². The Kier molecular flexibility index (Phi) is 7.49. The Labute approximate surface area is 156 Å². The molecule has 0 bridgehead atoms. The number of nitrogens with one attached hydrogen (secondary N) is 1. The summed E-state index contributed by atoms with van der Waals surface area (Å²) < 4.78 is 5.02. The second-order valence-corrected chi connectivity index (χ2v) is 5.84. The van der Waals surface area contributed by atoms with E-state index in [2.05, 4.69) is 5.32 Å². The second kappa shape index (κ2) is 10.1. The molecule has 7 nitrogen and oxygen atoms in total. The van der Waals surface area contributed by atoms with Crippen molar-refractivity contribution in [3.8, 4) is 6.07 Å². The molecule has 2 rings (SSSR count). The molecule has 140 valence electrons. The number of nitrogens with zero attached hydrogens (tertiary/aromatic N) is 1. The van der Waals surface area contributed by atoms with Gasteiger partial charge in [0.05, 0.1) is 12.5 Å². The Morgan fingerprint density at radius 3 is 2.56 bits per heavy atom. The number of hydrogen-bond acceptors (Lipinski definition) is 6. The SMILES string of the molecule is N#CCC(=O)c1cccc(C(O)C(O)CNC(=O)OCc2ccccc2)c1. The molecule has 2 aromatic rings. The Morgan fingerprint density at radius 2 is 1.85 bits per heavy atom. The first-order valence-electron chi connectivity index (χ1n) is 8.32. The second-order valence-electron chi connectivity index (χ2n) is 5.84. The fourth-order valence-electron chi connectivity index (χ4n) is 2.37. The van der Waals surface area contributed by atoms with Crippen molar-refractivity contribution >= 4 is 11.9 Å². The zero-order chi connectivity index (χ0) is 19.6. The van der Waals surface area contributed by atoms with Crippen LogP contribution >= 0.6 is 0 Å². The highest BCUT2D eigenvalue weighted by Gasteiger charge is 2.20. The minimum atomic E-state index is -1.31. The summed E-state index contributed by atoms with van der Waals surface area (Å²) in [5, 5.41) is 31.3. The smallest absolute Gasteiger partial charge is 0.407 e. The molecule has 3 N–H and O–H groups in total. The first kappa shape index (κ1) is 20.1. The zero-order valence-corrected chi connectivity index (χ0v) is 14.5. The van der Waals surface area contributed by atoms with Crippen LogP contribution in [0, 0.1) is 11.3 Å². The number of amides is 1. The van der Waals surface area contributed by atoms with E-state index in [1.165, 1.54) is 12.1 Å². The van der Waals surface area contributed by atoms with Crippen LogP contribution in [-0.4, -0.2) is 34.7 Å². The van der Waals surface area contributed by atoms with Crippen molar-refractivity contribution in [1.82, 2.24) is 5.32 Å². The van der Waals surface area contributed by atoms with Gasteiger partial charge in [-0.2, -0.15) is 5.26 Å². The lowest BCUT2D eigenvalue weighted by Gasteiger charge is -2.19. The lowest BCUT2D eigenvalue weighted by atomic mass is 9.99. The first-order chi connectivity index (χ1) is 13.0. The lowest BCUT2D eigenvalue weighted by Crippen LogP contribution is -2.35. The largest absolute Gasteiger partial charge is 0.445 e. The highest BCUT2D eigenvalue weighted by Crippen LogP contribution is 2.19. The first-order valence-corrected chi connectivity index (χ1v) is 8.32. The number of ether oxygens (including phenoxy) is 1. The normalized spacial score (nSPS) is 12.5. The van der Waals surface area contributed by atoms with Crippen LogP contribution in [0.3, 0.4) is 0 Å². The molecule has 0 aliphatic rings. The number of nitriles is 1. The zero-order valence-electron chi connectivity index (χ0n) is 14.5. The molecular weight excluding hydrogens is 348 g/mol. The summed E-state index contributed by atoms with van der Waals surface area (Å²) in [5.41, 5.74) is 1.41. The van der Waals surface area contributed by atoms with E-state index >= 15 is 0 Å². The Hall–Kier alpha value is -3.21. The van der Waals surface area contributed by atoms with Gasteiger partial charge < -0.3 is 20.3 Å². The Morgan fingerprint density at radius 1 is 1.11 bits per heavy atom. The minimum Gasteiger partial charge on any atom is -0.445 e. The van der Waals surface area contributed by atoms with E-state index in [9.17, 15) is 19.8 Å². The van der Waals surface area contributed by atoms with Crippen molar-refractivity contribution in [2.24, 2.45) is 0 Å².